The van der Waals surface area contributed by atoms with Crippen molar-refractivity contribution in [3.63, 3.8) is 0 Å². The Labute approximate surface area is 92.3 Å². The first kappa shape index (κ1) is 11.7. The maximum absolute atomic E-state index is 12.9. The van der Waals surface area contributed by atoms with Gasteiger partial charge in [-0.3, -0.25) is 4.79 Å². The van der Waals surface area contributed by atoms with E-state index in [2.05, 4.69) is 0 Å². The quantitative estimate of drug-likeness (QED) is 0.740. The Balaban J connectivity index is 2.77. The minimum atomic E-state index is -0.498. The molecule has 0 amide bonds. The summed E-state index contributed by atoms with van der Waals surface area (Å²) in [6.45, 7) is 2.05. The van der Waals surface area contributed by atoms with Crippen LogP contribution in [0, 0.1) is 5.82 Å². The zero-order valence-corrected chi connectivity index (χ0v) is 8.92. The first-order chi connectivity index (χ1) is 7.15. The zero-order chi connectivity index (χ0) is 11.3. The van der Waals surface area contributed by atoms with E-state index in [1.54, 1.807) is 6.92 Å². The minimum Gasteiger partial charge on any atom is -0.489 e. The van der Waals surface area contributed by atoms with Crippen LogP contribution in [-0.2, 0) is 0 Å². The van der Waals surface area contributed by atoms with Gasteiger partial charge in [0.25, 0.3) is 0 Å². The number of carbonyl (C=O) groups is 1. The topological polar surface area (TPSA) is 26.3 Å². The van der Waals surface area contributed by atoms with Crippen LogP contribution in [0.2, 0.25) is 0 Å². The van der Waals surface area contributed by atoms with Crippen LogP contribution in [0.1, 0.15) is 17.3 Å². The largest absolute Gasteiger partial charge is 0.489 e. The lowest BCUT2D eigenvalue weighted by Crippen LogP contribution is -1.99. The molecule has 1 aromatic carbocycles. The number of benzene rings is 1. The summed E-state index contributed by atoms with van der Waals surface area (Å²) in [5, 5.41) is 0. The highest BCUT2D eigenvalue weighted by Crippen LogP contribution is 2.16. The van der Waals surface area contributed by atoms with E-state index in [4.69, 9.17) is 16.3 Å². The van der Waals surface area contributed by atoms with Gasteiger partial charge in [0.15, 0.2) is 0 Å². The summed E-state index contributed by atoms with van der Waals surface area (Å²) in [7, 11) is 0. The molecular formula is C11H10ClFO2. The molecule has 80 valence electrons. The van der Waals surface area contributed by atoms with Crippen LogP contribution < -0.4 is 4.74 Å². The number of hydrogen-bond donors (Lipinski definition) is 0. The molecule has 2 nitrogen and oxygen atoms in total. The van der Waals surface area contributed by atoms with Gasteiger partial charge in [-0.15, -0.1) is 0 Å². The molecule has 0 saturated carbocycles. The van der Waals surface area contributed by atoms with Gasteiger partial charge < -0.3 is 4.74 Å². The molecule has 0 aliphatic rings. The van der Waals surface area contributed by atoms with E-state index < -0.39 is 5.82 Å². The van der Waals surface area contributed by atoms with Crippen LogP contribution in [0.15, 0.2) is 29.3 Å². The molecule has 0 aliphatic carbocycles. The van der Waals surface area contributed by atoms with Gasteiger partial charge in [-0.25, -0.2) is 4.39 Å². The smallest absolute Gasteiger partial charge is 0.150 e. The monoisotopic (exact) mass is 228 g/mol. The van der Waals surface area contributed by atoms with Gasteiger partial charge in [-0.1, -0.05) is 11.6 Å². The standard InChI is InChI=1S/C11H10ClFO2/c1-8(5-12)7-15-11-3-9(6-14)2-10(13)4-11/h2-6H,7H2,1H3/b8-5-. The lowest BCUT2D eigenvalue weighted by molar-refractivity contribution is 0.112. The summed E-state index contributed by atoms with van der Waals surface area (Å²) < 4.78 is 18.2. The predicted molar refractivity (Wildman–Crippen MR) is 56.9 cm³/mol. The average Bonchev–Trinajstić information content (AvgIpc) is 2.25. The SMILES string of the molecule is C/C(=C/Cl)COc1cc(F)cc(C=O)c1. The molecule has 1 aromatic rings. The molecular weight excluding hydrogens is 219 g/mol. The fourth-order valence-electron chi connectivity index (χ4n) is 0.964. The Kier molecular flexibility index (Phi) is 4.31. The number of ether oxygens (including phenoxy) is 1. The van der Waals surface area contributed by atoms with Gasteiger partial charge in [0.05, 0.1) is 0 Å². The van der Waals surface area contributed by atoms with Gasteiger partial charge >= 0.3 is 0 Å². The van der Waals surface area contributed by atoms with Crippen LogP contribution in [0.3, 0.4) is 0 Å². The van der Waals surface area contributed by atoms with Crippen molar-refractivity contribution in [1.82, 2.24) is 0 Å². The average molecular weight is 229 g/mol. The summed E-state index contributed by atoms with van der Waals surface area (Å²) in [5.41, 5.74) is 2.45. The number of carbonyl (C=O) groups excluding carboxylic acids is 1. The number of hydrogen-bond acceptors (Lipinski definition) is 2. The van der Waals surface area contributed by atoms with Crippen molar-refractivity contribution < 1.29 is 13.9 Å². The lowest BCUT2D eigenvalue weighted by Gasteiger charge is -2.06. The van der Waals surface area contributed by atoms with Crippen LogP contribution in [0.5, 0.6) is 5.75 Å². The number of halogens is 2. The van der Waals surface area contributed by atoms with Crippen LogP contribution in [0.25, 0.3) is 0 Å². The maximum Gasteiger partial charge on any atom is 0.150 e. The van der Waals surface area contributed by atoms with Crippen molar-refractivity contribution >= 4 is 17.9 Å². The fraction of sp³-hybridized carbons (Fsp3) is 0.182. The number of rotatable bonds is 4. The van der Waals surface area contributed by atoms with Crippen molar-refractivity contribution in [2.45, 2.75) is 6.92 Å². The first-order valence-electron chi connectivity index (χ1n) is 4.30. The van der Waals surface area contributed by atoms with Crippen molar-refractivity contribution in [2.24, 2.45) is 0 Å². The maximum atomic E-state index is 12.9. The molecule has 0 atom stereocenters. The fourth-order valence-corrected chi connectivity index (χ4v) is 1.03. The molecule has 0 saturated heterocycles. The normalized spacial score (nSPS) is 11.3. The van der Waals surface area contributed by atoms with Gasteiger partial charge in [0.2, 0.25) is 0 Å². The second kappa shape index (κ2) is 5.51. The predicted octanol–water partition coefficient (Wildman–Crippen LogP) is 3.16. The zero-order valence-electron chi connectivity index (χ0n) is 8.17. The van der Waals surface area contributed by atoms with E-state index in [-0.39, 0.29) is 12.2 Å². The molecule has 0 aromatic heterocycles. The third-order valence-electron chi connectivity index (χ3n) is 1.68. The van der Waals surface area contributed by atoms with Crippen molar-refractivity contribution in [3.05, 3.63) is 40.7 Å². The van der Waals surface area contributed by atoms with Crippen LogP contribution >= 0.6 is 11.6 Å². The minimum absolute atomic E-state index is 0.248. The van der Waals surface area contributed by atoms with E-state index >= 15 is 0 Å². The Hall–Kier alpha value is -1.35. The molecule has 0 bridgehead atoms. The third kappa shape index (κ3) is 3.72. The summed E-state index contributed by atoms with van der Waals surface area (Å²) in [6, 6.07) is 3.83. The van der Waals surface area contributed by atoms with Crippen LogP contribution in [0.4, 0.5) is 4.39 Å². The van der Waals surface area contributed by atoms with Gasteiger partial charge in [0, 0.05) is 17.2 Å². The highest BCUT2D eigenvalue weighted by molar-refractivity contribution is 6.25. The second-order valence-corrected chi connectivity index (χ2v) is 3.30. The molecule has 1 rings (SSSR count). The summed E-state index contributed by atoms with van der Waals surface area (Å²) in [5.74, 6) is -0.183. The molecule has 0 radical (unpaired) electrons. The summed E-state index contributed by atoms with van der Waals surface area (Å²) in [6.07, 6.45) is 0.570. The third-order valence-corrected chi connectivity index (χ3v) is 2.05. The lowest BCUT2D eigenvalue weighted by atomic mass is 10.2. The molecule has 4 heteroatoms. The van der Waals surface area contributed by atoms with E-state index in [1.807, 2.05) is 0 Å². The van der Waals surface area contributed by atoms with Crippen LogP contribution in [-0.4, -0.2) is 12.9 Å². The van der Waals surface area contributed by atoms with E-state index in [1.165, 1.54) is 17.7 Å². The molecule has 15 heavy (non-hydrogen) atoms. The Morgan fingerprint density at radius 2 is 2.27 bits per heavy atom. The van der Waals surface area contributed by atoms with Crippen molar-refractivity contribution in [1.29, 1.82) is 0 Å². The highest BCUT2D eigenvalue weighted by atomic mass is 35.5. The number of aldehydes is 1. The summed E-state index contributed by atoms with van der Waals surface area (Å²) in [4.78, 5) is 10.5. The first-order valence-corrected chi connectivity index (χ1v) is 4.74. The Morgan fingerprint density at radius 1 is 1.53 bits per heavy atom. The summed E-state index contributed by atoms with van der Waals surface area (Å²) >= 11 is 5.44. The van der Waals surface area contributed by atoms with E-state index in [0.29, 0.717) is 12.0 Å². The molecule has 0 unspecified atom stereocenters. The molecule has 0 fully saturated rings. The van der Waals surface area contributed by atoms with Gasteiger partial charge in [0.1, 0.15) is 24.5 Å². The molecule has 0 aliphatic heterocycles. The molecule has 0 N–H and O–H groups in total. The molecule has 0 spiro atoms. The van der Waals surface area contributed by atoms with E-state index in [0.717, 1.165) is 11.6 Å². The highest BCUT2D eigenvalue weighted by Gasteiger charge is 2.01. The Bertz CT molecular complexity index is 388. The van der Waals surface area contributed by atoms with Gasteiger partial charge in [-0.05, 0) is 24.6 Å². The van der Waals surface area contributed by atoms with Crippen molar-refractivity contribution in [3.8, 4) is 5.75 Å². The Morgan fingerprint density at radius 3 is 2.87 bits per heavy atom. The van der Waals surface area contributed by atoms with Crippen molar-refractivity contribution in [2.75, 3.05) is 6.61 Å². The van der Waals surface area contributed by atoms with Gasteiger partial charge in [-0.2, -0.15) is 0 Å². The second-order valence-electron chi connectivity index (χ2n) is 3.08. The molecule has 0 heterocycles. The van der Waals surface area contributed by atoms with E-state index in [9.17, 15) is 9.18 Å².